The minimum Gasteiger partial charge on any atom is -0.369 e. The second-order valence-electron chi connectivity index (χ2n) is 10.9. The first kappa shape index (κ1) is 26.6. The first-order valence-electron chi connectivity index (χ1n) is 13.6. The third-order valence-corrected chi connectivity index (χ3v) is 7.82. The van der Waals surface area contributed by atoms with E-state index in [0.29, 0.717) is 18.5 Å². The van der Waals surface area contributed by atoms with E-state index in [9.17, 15) is 14.4 Å². The number of benzene rings is 1. The number of hydrogen-bond acceptors (Lipinski definition) is 6. The molecule has 3 fully saturated rings. The van der Waals surface area contributed by atoms with Gasteiger partial charge < -0.3 is 19.9 Å². The van der Waals surface area contributed by atoms with Crippen molar-refractivity contribution >= 4 is 23.3 Å². The standard InChI is InChI=1S/C28H42N4O4/c1-5-11-30-12-14-31(15-13-30)22-9-7-21(8-10-22)27(34)29-23(16-19(3)4)28(35)32-17-20(6-2)26-25(32)24(33)18-36-26/h7-10,19-20,23,25-26H,5-6,11-18H2,1-4H3,(H,29,34)/t20-,23?,25-,26-/m1/s1. The molecule has 8 heteroatoms. The topological polar surface area (TPSA) is 82.2 Å². The van der Waals surface area contributed by atoms with Gasteiger partial charge in [-0.1, -0.05) is 27.7 Å². The minimum atomic E-state index is -0.673. The number of ketones is 1. The Morgan fingerprint density at radius 2 is 1.78 bits per heavy atom. The number of nitrogens with zero attached hydrogens (tertiary/aromatic N) is 3. The third-order valence-electron chi connectivity index (χ3n) is 7.82. The lowest BCUT2D eigenvalue weighted by Crippen LogP contribution is -2.52. The Hall–Kier alpha value is -2.45. The molecule has 3 aliphatic rings. The van der Waals surface area contributed by atoms with Crippen molar-refractivity contribution in [3.05, 3.63) is 29.8 Å². The molecule has 4 rings (SSSR count). The summed E-state index contributed by atoms with van der Waals surface area (Å²) in [5.74, 6) is -0.111. The number of piperazine rings is 1. The van der Waals surface area contributed by atoms with Gasteiger partial charge in [0.2, 0.25) is 5.91 Å². The van der Waals surface area contributed by atoms with Crippen molar-refractivity contribution in [3.63, 3.8) is 0 Å². The van der Waals surface area contributed by atoms with Crippen molar-refractivity contribution in [3.8, 4) is 0 Å². The van der Waals surface area contributed by atoms with E-state index in [4.69, 9.17) is 4.74 Å². The summed E-state index contributed by atoms with van der Waals surface area (Å²) >= 11 is 0. The van der Waals surface area contributed by atoms with E-state index in [-0.39, 0.29) is 42.1 Å². The molecular formula is C28H42N4O4. The van der Waals surface area contributed by atoms with Gasteiger partial charge in [0.15, 0.2) is 5.78 Å². The quantitative estimate of drug-likeness (QED) is 0.564. The number of carbonyl (C=O) groups excluding carboxylic acids is 3. The molecular weight excluding hydrogens is 456 g/mol. The Balaban J connectivity index is 1.41. The van der Waals surface area contributed by atoms with Crippen LogP contribution in [0, 0.1) is 11.8 Å². The van der Waals surface area contributed by atoms with Gasteiger partial charge in [0, 0.05) is 49.9 Å². The van der Waals surface area contributed by atoms with Gasteiger partial charge >= 0.3 is 0 Å². The predicted octanol–water partition coefficient (Wildman–Crippen LogP) is 2.57. The fourth-order valence-corrected chi connectivity index (χ4v) is 5.85. The summed E-state index contributed by atoms with van der Waals surface area (Å²) in [6.45, 7) is 14.1. The van der Waals surface area contributed by atoms with Crippen molar-refractivity contribution in [1.29, 1.82) is 0 Å². The lowest BCUT2D eigenvalue weighted by atomic mass is 9.99. The highest BCUT2D eigenvalue weighted by Gasteiger charge is 2.52. The maximum Gasteiger partial charge on any atom is 0.251 e. The smallest absolute Gasteiger partial charge is 0.251 e. The van der Waals surface area contributed by atoms with Crippen molar-refractivity contribution < 1.29 is 19.1 Å². The monoisotopic (exact) mass is 498 g/mol. The van der Waals surface area contributed by atoms with E-state index in [1.165, 1.54) is 6.42 Å². The molecule has 4 atom stereocenters. The molecule has 198 valence electrons. The molecule has 1 aromatic rings. The molecule has 1 aromatic carbocycles. The summed E-state index contributed by atoms with van der Waals surface area (Å²) in [6.07, 6.45) is 2.31. The number of rotatable bonds is 9. The number of ether oxygens (including phenoxy) is 1. The number of fused-ring (bicyclic) bond motifs is 1. The molecule has 3 heterocycles. The van der Waals surface area contributed by atoms with Crippen molar-refractivity contribution in [2.45, 2.75) is 65.1 Å². The fourth-order valence-electron chi connectivity index (χ4n) is 5.85. The van der Waals surface area contributed by atoms with Crippen LogP contribution in [0.15, 0.2) is 24.3 Å². The van der Waals surface area contributed by atoms with E-state index < -0.39 is 12.1 Å². The van der Waals surface area contributed by atoms with Crippen LogP contribution in [0.25, 0.3) is 0 Å². The SMILES string of the molecule is CCCN1CCN(c2ccc(C(=O)NC(CC(C)C)C(=O)N3C[C@@H](CC)[C@H]4OCC(=O)[C@H]43)cc2)CC1. The van der Waals surface area contributed by atoms with E-state index in [1.54, 1.807) is 4.90 Å². The van der Waals surface area contributed by atoms with Crippen molar-refractivity contribution in [2.75, 3.05) is 50.8 Å². The average molecular weight is 499 g/mol. The van der Waals surface area contributed by atoms with Crippen LogP contribution in [-0.2, 0) is 14.3 Å². The molecule has 0 bridgehead atoms. The highest BCUT2D eigenvalue weighted by atomic mass is 16.5. The Kier molecular flexibility index (Phi) is 8.67. The van der Waals surface area contributed by atoms with Gasteiger partial charge in [0.25, 0.3) is 5.91 Å². The molecule has 8 nitrogen and oxygen atoms in total. The van der Waals surface area contributed by atoms with Crippen molar-refractivity contribution in [1.82, 2.24) is 15.1 Å². The molecule has 1 N–H and O–H groups in total. The van der Waals surface area contributed by atoms with Crippen LogP contribution in [-0.4, -0.2) is 91.5 Å². The normalized spacial score (nSPS) is 25.4. The van der Waals surface area contributed by atoms with Crippen LogP contribution >= 0.6 is 0 Å². The number of amides is 2. The molecule has 36 heavy (non-hydrogen) atoms. The molecule has 3 aliphatic heterocycles. The summed E-state index contributed by atoms with van der Waals surface area (Å²) in [6, 6.07) is 6.48. The summed E-state index contributed by atoms with van der Waals surface area (Å²) in [5, 5.41) is 2.99. The van der Waals surface area contributed by atoms with E-state index >= 15 is 0 Å². The molecule has 0 radical (unpaired) electrons. The fraction of sp³-hybridized carbons (Fsp3) is 0.679. The number of carbonyl (C=O) groups is 3. The predicted molar refractivity (Wildman–Crippen MR) is 140 cm³/mol. The summed E-state index contributed by atoms with van der Waals surface area (Å²) < 4.78 is 5.73. The number of likely N-dealkylation sites (tertiary alicyclic amines) is 1. The molecule has 0 spiro atoms. The van der Waals surface area contributed by atoms with Gasteiger partial charge in [-0.2, -0.15) is 0 Å². The van der Waals surface area contributed by atoms with Gasteiger partial charge in [-0.3, -0.25) is 19.3 Å². The van der Waals surface area contributed by atoms with E-state index in [1.807, 2.05) is 38.1 Å². The maximum atomic E-state index is 13.6. The van der Waals surface area contributed by atoms with Crippen LogP contribution < -0.4 is 10.2 Å². The van der Waals surface area contributed by atoms with Gasteiger partial charge in [0.05, 0.1) is 6.10 Å². The van der Waals surface area contributed by atoms with Gasteiger partial charge in [-0.15, -0.1) is 0 Å². The number of nitrogens with one attached hydrogen (secondary N) is 1. The lowest BCUT2D eigenvalue weighted by molar-refractivity contribution is -0.138. The molecule has 1 unspecified atom stereocenters. The Morgan fingerprint density at radius 3 is 2.39 bits per heavy atom. The summed E-state index contributed by atoms with van der Waals surface area (Å²) in [5.41, 5.74) is 1.65. The van der Waals surface area contributed by atoms with Crippen molar-refractivity contribution in [2.24, 2.45) is 11.8 Å². The van der Waals surface area contributed by atoms with E-state index in [0.717, 1.165) is 44.8 Å². The van der Waals surface area contributed by atoms with E-state index in [2.05, 4.69) is 29.0 Å². The number of anilines is 1. The first-order chi connectivity index (χ1) is 17.3. The zero-order valence-corrected chi connectivity index (χ0v) is 22.2. The molecule has 0 aliphatic carbocycles. The minimum absolute atomic E-state index is 0.0370. The summed E-state index contributed by atoms with van der Waals surface area (Å²) in [4.78, 5) is 45.8. The Morgan fingerprint density at radius 1 is 1.08 bits per heavy atom. The Bertz CT molecular complexity index is 926. The van der Waals surface area contributed by atoms with Gasteiger partial charge in [0.1, 0.15) is 18.7 Å². The van der Waals surface area contributed by atoms with Gasteiger partial charge in [-0.05, 0) is 56.0 Å². The largest absolute Gasteiger partial charge is 0.369 e. The maximum absolute atomic E-state index is 13.6. The highest BCUT2D eigenvalue weighted by molar-refractivity contribution is 5.99. The van der Waals surface area contributed by atoms with Gasteiger partial charge in [-0.25, -0.2) is 0 Å². The highest BCUT2D eigenvalue weighted by Crippen LogP contribution is 2.34. The van der Waals surface area contributed by atoms with Crippen LogP contribution in [0.1, 0.15) is 57.3 Å². The first-order valence-corrected chi connectivity index (χ1v) is 13.6. The lowest BCUT2D eigenvalue weighted by Gasteiger charge is -2.36. The molecule has 2 amide bonds. The van der Waals surface area contributed by atoms with Crippen LogP contribution in [0.4, 0.5) is 5.69 Å². The molecule has 0 aromatic heterocycles. The van der Waals surface area contributed by atoms with Crippen LogP contribution in [0.3, 0.4) is 0 Å². The Labute approximate surface area is 215 Å². The zero-order valence-electron chi connectivity index (χ0n) is 22.2. The molecule has 0 saturated carbocycles. The summed E-state index contributed by atoms with van der Waals surface area (Å²) in [7, 11) is 0. The second kappa shape index (κ2) is 11.7. The average Bonchev–Trinajstić information content (AvgIpc) is 3.44. The number of Topliss-reactive ketones (excluding diaryl/α,β-unsaturated/α-hetero) is 1. The number of hydrogen-bond donors (Lipinski definition) is 1. The zero-order chi connectivity index (χ0) is 25.8. The third kappa shape index (κ3) is 5.75. The van der Waals surface area contributed by atoms with Crippen LogP contribution in [0.2, 0.25) is 0 Å². The molecule has 3 saturated heterocycles. The van der Waals surface area contributed by atoms with Crippen LogP contribution in [0.5, 0.6) is 0 Å². The second-order valence-corrected chi connectivity index (χ2v) is 10.9.